The number of hydrogen-bond donors (Lipinski definition) is 1. The third-order valence-electron chi connectivity index (χ3n) is 3.89. The molecule has 0 unspecified atom stereocenters. The second-order valence-electron chi connectivity index (χ2n) is 5.47. The number of rotatable bonds is 3. The van der Waals surface area contributed by atoms with E-state index in [1.165, 1.54) is 24.3 Å². The monoisotopic (exact) mass is 273 g/mol. The van der Waals surface area contributed by atoms with Crippen LogP contribution in [0.1, 0.15) is 19.3 Å². The van der Waals surface area contributed by atoms with E-state index in [0.29, 0.717) is 19.3 Å². The quantitative estimate of drug-likeness (QED) is 0.670. The van der Waals surface area contributed by atoms with Crippen molar-refractivity contribution in [3.05, 3.63) is 34.4 Å². The van der Waals surface area contributed by atoms with Gasteiger partial charge in [0.2, 0.25) is 0 Å². The largest absolute Gasteiger partial charge is 0.413 e. The lowest BCUT2D eigenvalue weighted by molar-refractivity contribution is -0.384. The summed E-state index contributed by atoms with van der Waals surface area (Å²) in [5.74, 6) is 0.245. The van der Waals surface area contributed by atoms with Gasteiger partial charge in [0, 0.05) is 17.7 Å². The van der Waals surface area contributed by atoms with E-state index in [0.717, 1.165) is 0 Å². The van der Waals surface area contributed by atoms with Crippen molar-refractivity contribution in [3.8, 4) is 11.8 Å². The Labute approximate surface area is 114 Å². The van der Waals surface area contributed by atoms with Crippen molar-refractivity contribution in [1.82, 2.24) is 5.32 Å². The Bertz CT molecular complexity index is 612. The molecular weight excluding hydrogens is 262 g/mol. The van der Waals surface area contributed by atoms with Crippen molar-refractivity contribution >= 4 is 11.8 Å². The van der Waals surface area contributed by atoms with Gasteiger partial charge in [-0.1, -0.05) is 0 Å². The van der Waals surface area contributed by atoms with Crippen LogP contribution in [0.5, 0.6) is 5.75 Å². The van der Waals surface area contributed by atoms with Gasteiger partial charge in [-0.3, -0.25) is 10.1 Å². The van der Waals surface area contributed by atoms with Crippen LogP contribution in [0.2, 0.25) is 0 Å². The zero-order valence-electron chi connectivity index (χ0n) is 10.5. The van der Waals surface area contributed by atoms with Crippen molar-refractivity contribution in [2.75, 3.05) is 0 Å². The van der Waals surface area contributed by atoms with Gasteiger partial charge >= 0.3 is 6.09 Å². The maximum Gasteiger partial charge on any atom is 0.413 e. The highest BCUT2D eigenvalue weighted by Crippen LogP contribution is 2.66. The summed E-state index contributed by atoms with van der Waals surface area (Å²) in [6.07, 6.45) is 1.42. The molecule has 3 saturated carbocycles. The molecule has 2 bridgehead atoms. The maximum absolute atomic E-state index is 11.7. The fraction of sp³-hybridized carbons (Fsp3) is 0.385. The minimum atomic E-state index is -0.593. The van der Waals surface area contributed by atoms with Crippen LogP contribution in [0, 0.1) is 26.9 Å². The molecule has 3 aliphatic carbocycles. The van der Waals surface area contributed by atoms with Crippen molar-refractivity contribution in [3.63, 3.8) is 0 Å². The SMILES string of the molecule is N#CC12CC(NC(=O)Oc3ccc([N+](=O)[O-])cc3)(C1)C2. The summed E-state index contributed by atoms with van der Waals surface area (Å²) in [4.78, 5) is 21.7. The molecule has 102 valence electrons. The molecular formula is C13H11N3O4. The van der Waals surface area contributed by atoms with Gasteiger partial charge in [0.25, 0.3) is 5.69 Å². The fourth-order valence-corrected chi connectivity index (χ4v) is 3.02. The van der Waals surface area contributed by atoms with E-state index in [2.05, 4.69) is 11.4 Å². The average Bonchev–Trinajstić information content (AvgIpc) is 2.32. The lowest BCUT2D eigenvalue weighted by Gasteiger charge is -2.66. The highest BCUT2D eigenvalue weighted by molar-refractivity contribution is 5.72. The van der Waals surface area contributed by atoms with E-state index in [1.54, 1.807) is 0 Å². The molecule has 0 radical (unpaired) electrons. The lowest BCUT2D eigenvalue weighted by atomic mass is 9.40. The van der Waals surface area contributed by atoms with Crippen molar-refractivity contribution < 1.29 is 14.5 Å². The normalized spacial score (nSPS) is 29.4. The molecule has 1 N–H and O–H groups in total. The van der Waals surface area contributed by atoms with E-state index < -0.39 is 11.0 Å². The second-order valence-corrected chi connectivity index (χ2v) is 5.47. The highest BCUT2D eigenvalue weighted by Gasteiger charge is 2.69. The molecule has 3 fully saturated rings. The summed E-state index contributed by atoms with van der Waals surface area (Å²) >= 11 is 0. The zero-order valence-corrected chi connectivity index (χ0v) is 10.5. The van der Waals surface area contributed by atoms with Crippen LogP contribution < -0.4 is 10.1 Å². The molecule has 3 aliphatic rings. The first-order chi connectivity index (χ1) is 9.46. The van der Waals surface area contributed by atoms with Crippen LogP contribution in [0.4, 0.5) is 10.5 Å². The number of nitro groups is 1. The molecule has 1 aromatic carbocycles. The van der Waals surface area contributed by atoms with Crippen molar-refractivity contribution in [1.29, 1.82) is 5.26 Å². The summed E-state index contributed by atoms with van der Waals surface area (Å²) in [6.45, 7) is 0. The number of nitro benzene ring substituents is 1. The third-order valence-corrected chi connectivity index (χ3v) is 3.89. The number of ether oxygens (including phenoxy) is 1. The van der Waals surface area contributed by atoms with Gasteiger partial charge in [-0.25, -0.2) is 4.79 Å². The van der Waals surface area contributed by atoms with Crippen LogP contribution in [-0.4, -0.2) is 16.6 Å². The molecule has 4 rings (SSSR count). The topological polar surface area (TPSA) is 105 Å². The molecule has 0 saturated heterocycles. The second kappa shape index (κ2) is 3.93. The van der Waals surface area contributed by atoms with E-state index in [4.69, 9.17) is 10.00 Å². The van der Waals surface area contributed by atoms with Gasteiger partial charge in [-0.2, -0.15) is 5.26 Å². The summed E-state index contributed by atoms with van der Waals surface area (Å²) in [6, 6.07) is 7.54. The number of nitrogens with one attached hydrogen (secondary N) is 1. The Morgan fingerprint density at radius 3 is 2.45 bits per heavy atom. The van der Waals surface area contributed by atoms with Crippen molar-refractivity contribution in [2.45, 2.75) is 24.8 Å². The Morgan fingerprint density at radius 2 is 1.95 bits per heavy atom. The van der Waals surface area contributed by atoms with Crippen molar-refractivity contribution in [2.24, 2.45) is 5.41 Å². The predicted molar refractivity (Wildman–Crippen MR) is 66.9 cm³/mol. The molecule has 7 heteroatoms. The molecule has 0 atom stereocenters. The maximum atomic E-state index is 11.7. The number of amides is 1. The van der Waals surface area contributed by atoms with Gasteiger partial charge in [-0.15, -0.1) is 0 Å². The van der Waals surface area contributed by atoms with Crippen LogP contribution in [0.3, 0.4) is 0 Å². The standard InChI is InChI=1S/C13H11N3O4/c14-8-12-5-13(6-12,7-12)15-11(17)20-10-3-1-9(2-4-10)16(18)19/h1-4H,5-7H2,(H,15,17). The molecule has 7 nitrogen and oxygen atoms in total. The number of carbonyl (C=O) groups is 1. The van der Waals surface area contributed by atoms with Gasteiger partial charge in [0.05, 0.1) is 16.4 Å². The zero-order chi connectivity index (χ0) is 14.4. The number of non-ortho nitro benzene ring substituents is 1. The van der Waals surface area contributed by atoms with Gasteiger partial charge in [-0.05, 0) is 31.4 Å². The summed E-state index contributed by atoms with van der Waals surface area (Å²) in [5.41, 5.74) is -0.582. The summed E-state index contributed by atoms with van der Waals surface area (Å²) in [5, 5.41) is 22.1. The number of nitriles is 1. The smallest absolute Gasteiger partial charge is 0.410 e. The van der Waals surface area contributed by atoms with E-state index in [-0.39, 0.29) is 22.4 Å². The number of carbonyl (C=O) groups excluding carboxylic acids is 1. The van der Waals surface area contributed by atoms with E-state index in [1.807, 2.05) is 0 Å². The van der Waals surface area contributed by atoms with Gasteiger partial charge < -0.3 is 10.1 Å². The van der Waals surface area contributed by atoms with Crippen LogP contribution >= 0.6 is 0 Å². The number of hydrogen-bond acceptors (Lipinski definition) is 5. The van der Waals surface area contributed by atoms with Crippen LogP contribution in [0.25, 0.3) is 0 Å². The number of nitrogens with zero attached hydrogens (tertiary/aromatic N) is 2. The molecule has 0 spiro atoms. The van der Waals surface area contributed by atoms with E-state index in [9.17, 15) is 14.9 Å². The minimum Gasteiger partial charge on any atom is -0.410 e. The first-order valence-electron chi connectivity index (χ1n) is 6.12. The Balaban J connectivity index is 1.55. The predicted octanol–water partition coefficient (Wildman–Crippen LogP) is 2.13. The molecule has 20 heavy (non-hydrogen) atoms. The lowest BCUT2D eigenvalue weighted by Crippen LogP contribution is -2.74. The first kappa shape index (κ1) is 12.4. The fourth-order valence-electron chi connectivity index (χ4n) is 3.02. The summed E-state index contributed by atoms with van der Waals surface area (Å²) in [7, 11) is 0. The Kier molecular flexibility index (Phi) is 2.44. The molecule has 1 amide bonds. The van der Waals surface area contributed by atoms with Crippen LogP contribution in [-0.2, 0) is 0 Å². The number of benzene rings is 1. The molecule has 0 aromatic heterocycles. The first-order valence-corrected chi connectivity index (χ1v) is 6.12. The van der Waals surface area contributed by atoms with E-state index >= 15 is 0 Å². The average molecular weight is 273 g/mol. The molecule has 1 aromatic rings. The molecule has 0 heterocycles. The Morgan fingerprint density at radius 1 is 1.35 bits per heavy atom. The summed E-state index contributed by atoms with van der Waals surface area (Å²) < 4.78 is 5.06. The van der Waals surface area contributed by atoms with Gasteiger partial charge in [0.15, 0.2) is 0 Å². The Hall–Kier alpha value is -2.62. The van der Waals surface area contributed by atoms with Gasteiger partial charge in [0.1, 0.15) is 5.75 Å². The highest BCUT2D eigenvalue weighted by atomic mass is 16.6. The third kappa shape index (κ3) is 1.86. The van der Waals surface area contributed by atoms with Crippen LogP contribution in [0.15, 0.2) is 24.3 Å². The minimum absolute atomic E-state index is 0.0619. The molecule has 0 aliphatic heterocycles.